The first-order valence-corrected chi connectivity index (χ1v) is 15.7. The fourth-order valence-corrected chi connectivity index (χ4v) is 6.42. The average Bonchev–Trinajstić information content (AvgIpc) is 3.09. The summed E-state index contributed by atoms with van der Waals surface area (Å²) in [5.41, 5.74) is 8.03. The number of hydrogen-bond acceptors (Lipinski definition) is 5. The van der Waals surface area contributed by atoms with Crippen LogP contribution in [0.2, 0.25) is 0 Å². The molecule has 236 valence electrons. The van der Waals surface area contributed by atoms with Crippen LogP contribution in [-0.2, 0) is 39.3 Å². The second-order valence-electron chi connectivity index (χ2n) is 13.0. The van der Waals surface area contributed by atoms with Crippen molar-refractivity contribution in [1.82, 2.24) is 9.97 Å². The van der Waals surface area contributed by atoms with Crippen LogP contribution in [0, 0.1) is 26.0 Å². The molecule has 0 atom stereocenters. The summed E-state index contributed by atoms with van der Waals surface area (Å²) in [6.45, 7) is 12.2. The number of nitrogens with zero attached hydrogens (tertiary/aromatic N) is 4. The molecule has 0 unspecified atom stereocenters. The summed E-state index contributed by atoms with van der Waals surface area (Å²) in [5, 5.41) is 0. The predicted octanol–water partition coefficient (Wildman–Crippen LogP) is 9.62. The molecular formula is C40H40N4OPt. The second kappa shape index (κ2) is 13.0. The molecule has 3 aromatic carbocycles. The van der Waals surface area contributed by atoms with Crippen molar-refractivity contribution < 1.29 is 32.7 Å². The molecule has 0 fully saturated rings. The molecule has 0 spiro atoms. The van der Waals surface area contributed by atoms with E-state index in [9.17, 15) is 0 Å². The maximum absolute atomic E-state index is 8.46. The average molecular weight is 793 g/mol. The molecule has 46 heavy (non-hydrogen) atoms. The molecule has 4 heterocycles. The van der Waals surface area contributed by atoms with Crippen molar-refractivity contribution >= 4 is 23.0 Å². The number of rotatable bonds is 5. The van der Waals surface area contributed by atoms with Crippen LogP contribution in [0.4, 0.5) is 23.0 Å². The Morgan fingerprint density at radius 1 is 0.826 bits per heavy atom. The first-order chi connectivity index (χ1) is 23.8. The smallest absolute Gasteiger partial charge is 0.509 e. The minimum Gasteiger partial charge on any atom is -0.509 e. The first kappa shape index (κ1) is 26.2. The van der Waals surface area contributed by atoms with Crippen molar-refractivity contribution in [2.75, 3.05) is 22.9 Å². The monoisotopic (exact) mass is 792 g/mol. The molecule has 5 aromatic rings. The number of aryl methyl sites for hydroxylation is 3. The molecule has 7 rings (SSSR count). The standard InChI is InChI=1S/C40H40N4O.Pt/c1-27-17-18-41-38(21-27)44-20-10-14-33-35(40(3,4)5)23-32(25-37(33)44)45-31-16-15-30-13-9-19-43(36(30)24-31)39-22-28(2)34(26-42-39)29-11-7-6-8-12-29;/h6-8,11-12,15-18,21-23,26H,9-10,13-14,19-20H2,1-5H3;/q-2;+2/i6D,7D,8D,11D,12D;. The largest absolute Gasteiger partial charge is 2.00 e. The zero-order valence-electron chi connectivity index (χ0n) is 31.9. The summed E-state index contributed by atoms with van der Waals surface area (Å²) >= 11 is 0. The molecule has 5 nitrogen and oxygen atoms in total. The van der Waals surface area contributed by atoms with Crippen LogP contribution >= 0.6 is 0 Å². The van der Waals surface area contributed by atoms with Gasteiger partial charge in [-0.2, -0.15) is 6.07 Å². The van der Waals surface area contributed by atoms with Gasteiger partial charge in [0.25, 0.3) is 0 Å². The van der Waals surface area contributed by atoms with Crippen LogP contribution in [0.3, 0.4) is 0 Å². The Bertz CT molecular complexity index is 2120. The van der Waals surface area contributed by atoms with Gasteiger partial charge < -0.3 is 14.5 Å². The molecule has 0 saturated carbocycles. The van der Waals surface area contributed by atoms with Gasteiger partial charge in [-0.25, -0.2) is 9.97 Å². The number of fused-ring (bicyclic) bond motifs is 2. The van der Waals surface area contributed by atoms with Gasteiger partial charge in [-0.05, 0) is 67.0 Å². The number of hydrogen-bond donors (Lipinski definition) is 0. The number of ether oxygens (including phenoxy) is 1. The van der Waals surface area contributed by atoms with Crippen LogP contribution in [0.25, 0.3) is 11.1 Å². The Kier molecular flexibility index (Phi) is 7.42. The number of benzene rings is 3. The van der Waals surface area contributed by atoms with Gasteiger partial charge in [-0.15, -0.1) is 41.0 Å². The van der Waals surface area contributed by atoms with Crippen molar-refractivity contribution in [3.8, 4) is 22.6 Å². The van der Waals surface area contributed by atoms with E-state index in [0.29, 0.717) is 22.9 Å². The van der Waals surface area contributed by atoms with E-state index in [-0.39, 0.29) is 56.2 Å². The SMILES string of the molecule is [2H]c1c([2H])c([2H])c(-c2cnc(N3CCCc4ccc(Oc5[c-]c6c(c(C(C)(C)C)c5)CCCN6c5cc(C)ccn5)[c-]c43)cc2C)c([2H])c1[2H].[Pt+2]. The fraction of sp³-hybridized carbons (Fsp3) is 0.300. The third kappa shape index (κ3) is 6.35. The minimum absolute atomic E-state index is 0. The second-order valence-corrected chi connectivity index (χ2v) is 13.0. The fourth-order valence-electron chi connectivity index (χ4n) is 6.42. The summed E-state index contributed by atoms with van der Waals surface area (Å²) < 4.78 is 47.7. The van der Waals surface area contributed by atoms with Gasteiger partial charge in [0.05, 0.1) is 6.85 Å². The molecule has 2 aliphatic rings. The quantitative estimate of drug-likeness (QED) is 0.166. The van der Waals surface area contributed by atoms with Gasteiger partial charge in [0.2, 0.25) is 0 Å². The minimum atomic E-state index is -0.410. The van der Waals surface area contributed by atoms with E-state index in [0.717, 1.165) is 72.7 Å². The molecular weight excluding hydrogens is 748 g/mol. The van der Waals surface area contributed by atoms with E-state index >= 15 is 0 Å². The molecule has 0 aliphatic carbocycles. The van der Waals surface area contributed by atoms with E-state index in [1.54, 1.807) is 6.20 Å². The third-order valence-corrected chi connectivity index (χ3v) is 8.63. The van der Waals surface area contributed by atoms with Crippen molar-refractivity contribution in [2.45, 2.75) is 65.7 Å². The molecule has 0 N–H and O–H groups in total. The van der Waals surface area contributed by atoms with Crippen LogP contribution in [0.15, 0.2) is 79.0 Å². The number of aromatic nitrogens is 2. The Morgan fingerprint density at radius 2 is 1.54 bits per heavy atom. The normalized spacial score (nSPS) is 15.8. The Morgan fingerprint density at radius 3 is 2.28 bits per heavy atom. The maximum atomic E-state index is 8.46. The van der Waals surface area contributed by atoms with Crippen LogP contribution in [-0.4, -0.2) is 23.1 Å². The van der Waals surface area contributed by atoms with Crippen molar-refractivity contribution in [2.24, 2.45) is 0 Å². The zero-order valence-corrected chi connectivity index (χ0v) is 29.1. The molecule has 2 aromatic heterocycles. The van der Waals surface area contributed by atoms with Crippen LogP contribution < -0.4 is 14.5 Å². The third-order valence-electron chi connectivity index (χ3n) is 8.63. The first-order valence-electron chi connectivity index (χ1n) is 18.2. The number of pyridine rings is 2. The van der Waals surface area contributed by atoms with E-state index in [2.05, 4.69) is 67.8 Å². The van der Waals surface area contributed by atoms with Gasteiger partial charge in [-0.1, -0.05) is 75.2 Å². The van der Waals surface area contributed by atoms with E-state index in [1.807, 2.05) is 31.3 Å². The zero-order chi connectivity index (χ0) is 35.5. The van der Waals surface area contributed by atoms with Crippen molar-refractivity contribution in [3.63, 3.8) is 0 Å². The van der Waals surface area contributed by atoms with Gasteiger partial charge in [0, 0.05) is 42.5 Å². The summed E-state index contributed by atoms with van der Waals surface area (Å²) in [5.74, 6) is 2.82. The Labute approximate surface area is 295 Å². The van der Waals surface area contributed by atoms with E-state index in [1.165, 1.54) is 11.1 Å². The number of anilines is 4. The molecule has 0 radical (unpaired) electrons. The Hall–Kier alpha value is -3.95. The maximum Gasteiger partial charge on any atom is 2.00 e. The summed E-state index contributed by atoms with van der Waals surface area (Å²) in [6, 6.07) is 17.8. The molecule has 0 saturated heterocycles. The van der Waals surface area contributed by atoms with Gasteiger partial charge in [-0.3, -0.25) is 0 Å². The topological polar surface area (TPSA) is 41.5 Å². The summed E-state index contributed by atoms with van der Waals surface area (Å²) in [4.78, 5) is 13.8. The summed E-state index contributed by atoms with van der Waals surface area (Å²) in [6.07, 6.45) is 7.31. The Balaban J connectivity index is 0.00000448. The van der Waals surface area contributed by atoms with E-state index < -0.39 is 6.04 Å². The van der Waals surface area contributed by atoms with Crippen LogP contribution in [0.5, 0.6) is 11.5 Å². The molecule has 6 heteroatoms. The van der Waals surface area contributed by atoms with Gasteiger partial charge in [0.15, 0.2) is 0 Å². The van der Waals surface area contributed by atoms with Crippen molar-refractivity contribution in [3.05, 3.63) is 119 Å². The predicted molar refractivity (Wildman–Crippen MR) is 183 cm³/mol. The molecule has 2 aliphatic heterocycles. The van der Waals surface area contributed by atoms with Crippen LogP contribution in [0.1, 0.15) is 68.3 Å². The molecule has 0 bridgehead atoms. The van der Waals surface area contributed by atoms with Crippen molar-refractivity contribution in [1.29, 1.82) is 0 Å². The molecule has 0 amide bonds. The van der Waals surface area contributed by atoms with Gasteiger partial charge >= 0.3 is 21.1 Å². The van der Waals surface area contributed by atoms with E-state index in [4.69, 9.17) is 21.6 Å². The summed E-state index contributed by atoms with van der Waals surface area (Å²) in [7, 11) is 0. The van der Waals surface area contributed by atoms with Gasteiger partial charge in [0.1, 0.15) is 11.6 Å².